The summed E-state index contributed by atoms with van der Waals surface area (Å²) in [7, 11) is 0. The Kier molecular flexibility index (Phi) is 6.35. The zero-order valence-corrected chi connectivity index (χ0v) is 19.1. The van der Waals surface area contributed by atoms with Crippen LogP contribution in [0.25, 0.3) is 11.3 Å². The third-order valence-corrected chi connectivity index (χ3v) is 6.57. The van der Waals surface area contributed by atoms with Crippen molar-refractivity contribution in [3.63, 3.8) is 0 Å². The van der Waals surface area contributed by atoms with Gasteiger partial charge in [0, 0.05) is 48.7 Å². The number of halogens is 1. The van der Waals surface area contributed by atoms with Gasteiger partial charge >= 0.3 is 0 Å². The van der Waals surface area contributed by atoms with Crippen LogP contribution in [0.5, 0.6) is 0 Å². The molecule has 0 saturated carbocycles. The fourth-order valence-corrected chi connectivity index (χ4v) is 4.53. The van der Waals surface area contributed by atoms with Gasteiger partial charge in [0.15, 0.2) is 5.82 Å². The number of aromatic nitrogens is 4. The van der Waals surface area contributed by atoms with Crippen LogP contribution in [0.2, 0.25) is 5.02 Å². The average Bonchev–Trinajstić information content (AvgIpc) is 3.40. The topological polar surface area (TPSA) is 87.1 Å². The summed E-state index contributed by atoms with van der Waals surface area (Å²) in [6.45, 7) is 3.53. The summed E-state index contributed by atoms with van der Waals surface area (Å²) >= 11 is 5.96. The summed E-state index contributed by atoms with van der Waals surface area (Å²) in [4.78, 5) is 25.8. The number of anilines is 3. The largest absolute Gasteiger partial charge is 0.356 e. The summed E-state index contributed by atoms with van der Waals surface area (Å²) < 4.78 is 0. The monoisotopic (exact) mass is 463 g/mol. The Labute approximate surface area is 198 Å². The number of nitrogens with one attached hydrogen (secondary N) is 1. The number of hydrogen-bond donors (Lipinski definition) is 1. The third kappa shape index (κ3) is 5.06. The molecule has 2 saturated heterocycles. The van der Waals surface area contributed by atoms with Gasteiger partial charge < -0.3 is 15.1 Å². The molecule has 9 heteroatoms. The van der Waals surface area contributed by atoms with Gasteiger partial charge in [-0.3, -0.25) is 4.79 Å². The van der Waals surface area contributed by atoms with Gasteiger partial charge in [-0.05, 0) is 49.9 Å². The Bertz CT molecular complexity index is 1090. The van der Waals surface area contributed by atoms with Crippen molar-refractivity contribution in [3.8, 4) is 11.3 Å². The molecule has 5 rings (SSSR count). The Morgan fingerprint density at radius 3 is 2.30 bits per heavy atom. The minimum atomic E-state index is -0.0484. The van der Waals surface area contributed by atoms with Crippen LogP contribution in [0.3, 0.4) is 0 Å². The third-order valence-electron chi connectivity index (χ3n) is 6.31. The molecule has 0 atom stereocenters. The summed E-state index contributed by atoms with van der Waals surface area (Å²) in [5.74, 6) is 2.26. The standard InChI is InChI=1S/C24H26ClN7O/c25-19-5-3-17(4-6-19)20-7-8-22(30-29-20)32-13-9-18(10-14-32)24(33)28-21-15-23(27-16-26-21)31-11-1-2-12-31/h3-8,15-16,18H,1-2,9-14H2,(H,26,27,28,33). The minimum absolute atomic E-state index is 0.0184. The molecule has 1 amide bonds. The second-order valence-electron chi connectivity index (χ2n) is 8.49. The van der Waals surface area contributed by atoms with Crippen LogP contribution in [-0.4, -0.2) is 52.3 Å². The van der Waals surface area contributed by atoms with Gasteiger partial charge in [-0.15, -0.1) is 10.2 Å². The van der Waals surface area contributed by atoms with E-state index in [0.29, 0.717) is 10.8 Å². The lowest BCUT2D eigenvalue weighted by molar-refractivity contribution is -0.120. The lowest BCUT2D eigenvalue weighted by Gasteiger charge is -2.31. The summed E-state index contributed by atoms with van der Waals surface area (Å²) in [5, 5.41) is 12.5. The number of hydrogen-bond acceptors (Lipinski definition) is 7. The van der Waals surface area contributed by atoms with E-state index in [0.717, 1.165) is 61.9 Å². The number of benzene rings is 1. The van der Waals surface area contributed by atoms with Crippen molar-refractivity contribution in [3.05, 3.63) is 53.8 Å². The highest BCUT2D eigenvalue weighted by Gasteiger charge is 2.26. The maximum absolute atomic E-state index is 12.8. The maximum atomic E-state index is 12.8. The Morgan fingerprint density at radius 1 is 0.879 bits per heavy atom. The highest BCUT2D eigenvalue weighted by molar-refractivity contribution is 6.30. The summed E-state index contributed by atoms with van der Waals surface area (Å²) in [5.41, 5.74) is 1.79. The molecular weight excluding hydrogens is 438 g/mol. The predicted octanol–water partition coefficient (Wildman–Crippen LogP) is 4.04. The van der Waals surface area contributed by atoms with Gasteiger partial charge in [0.05, 0.1) is 5.69 Å². The van der Waals surface area contributed by atoms with Crippen molar-refractivity contribution in [2.24, 2.45) is 5.92 Å². The van der Waals surface area contributed by atoms with Gasteiger partial charge in [-0.25, -0.2) is 9.97 Å². The molecule has 1 aromatic carbocycles. The summed E-state index contributed by atoms with van der Waals surface area (Å²) in [6, 6.07) is 13.4. The fraction of sp³-hybridized carbons (Fsp3) is 0.375. The van der Waals surface area contributed by atoms with E-state index in [9.17, 15) is 4.79 Å². The number of amides is 1. The van der Waals surface area contributed by atoms with E-state index in [2.05, 4.69) is 35.3 Å². The molecule has 8 nitrogen and oxygen atoms in total. The van der Waals surface area contributed by atoms with Crippen molar-refractivity contribution in [2.75, 3.05) is 41.3 Å². The van der Waals surface area contributed by atoms with Crippen LogP contribution in [-0.2, 0) is 4.79 Å². The minimum Gasteiger partial charge on any atom is -0.356 e. The van der Waals surface area contributed by atoms with Crippen LogP contribution < -0.4 is 15.1 Å². The van der Waals surface area contributed by atoms with Gasteiger partial charge in [-0.1, -0.05) is 23.7 Å². The Balaban J connectivity index is 1.16. The van der Waals surface area contributed by atoms with E-state index in [1.165, 1.54) is 19.2 Å². The van der Waals surface area contributed by atoms with Gasteiger partial charge in [-0.2, -0.15) is 0 Å². The molecule has 170 valence electrons. The first-order chi connectivity index (χ1) is 16.2. The molecule has 2 aromatic heterocycles. The van der Waals surface area contributed by atoms with E-state index in [1.807, 2.05) is 42.5 Å². The highest BCUT2D eigenvalue weighted by atomic mass is 35.5. The van der Waals surface area contributed by atoms with Crippen molar-refractivity contribution in [1.82, 2.24) is 20.2 Å². The highest BCUT2D eigenvalue weighted by Crippen LogP contribution is 2.25. The molecule has 2 aliphatic heterocycles. The normalized spacial score (nSPS) is 16.8. The van der Waals surface area contributed by atoms with Crippen molar-refractivity contribution in [1.29, 1.82) is 0 Å². The van der Waals surface area contributed by atoms with E-state index in [1.54, 1.807) is 0 Å². The molecule has 2 aliphatic rings. The fourth-order valence-electron chi connectivity index (χ4n) is 4.40. The molecule has 0 spiro atoms. The van der Waals surface area contributed by atoms with Crippen molar-refractivity contribution < 1.29 is 4.79 Å². The van der Waals surface area contributed by atoms with E-state index in [-0.39, 0.29) is 11.8 Å². The van der Waals surface area contributed by atoms with Gasteiger partial charge in [0.1, 0.15) is 18.0 Å². The van der Waals surface area contributed by atoms with Gasteiger partial charge in [0.2, 0.25) is 5.91 Å². The molecule has 4 heterocycles. The van der Waals surface area contributed by atoms with Crippen molar-refractivity contribution >= 4 is 35.0 Å². The lowest BCUT2D eigenvalue weighted by atomic mass is 9.96. The summed E-state index contributed by atoms with van der Waals surface area (Å²) in [6.07, 6.45) is 5.41. The molecule has 33 heavy (non-hydrogen) atoms. The number of carbonyl (C=O) groups excluding carboxylic acids is 1. The van der Waals surface area contributed by atoms with Crippen LogP contribution in [0.4, 0.5) is 17.5 Å². The first kappa shape index (κ1) is 21.6. The number of carbonyl (C=O) groups is 1. The van der Waals surface area contributed by atoms with Gasteiger partial charge in [0.25, 0.3) is 0 Å². The SMILES string of the molecule is O=C(Nc1cc(N2CCCC2)ncn1)C1CCN(c2ccc(-c3ccc(Cl)cc3)nn2)CC1. The molecule has 0 aliphatic carbocycles. The van der Waals surface area contributed by atoms with Crippen LogP contribution in [0.1, 0.15) is 25.7 Å². The number of rotatable bonds is 5. The van der Waals surface area contributed by atoms with E-state index in [4.69, 9.17) is 11.6 Å². The smallest absolute Gasteiger partial charge is 0.228 e. The first-order valence-electron chi connectivity index (χ1n) is 11.4. The molecule has 2 fully saturated rings. The maximum Gasteiger partial charge on any atom is 0.228 e. The predicted molar refractivity (Wildman–Crippen MR) is 130 cm³/mol. The molecule has 3 aromatic rings. The van der Waals surface area contributed by atoms with E-state index >= 15 is 0 Å². The first-order valence-corrected chi connectivity index (χ1v) is 11.8. The molecule has 0 radical (unpaired) electrons. The molecule has 1 N–H and O–H groups in total. The lowest BCUT2D eigenvalue weighted by Crippen LogP contribution is -2.38. The Morgan fingerprint density at radius 2 is 1.61 bits per heavy atom. The van der Waals surface area contributed by atoms with Crippen LogP contribution >= 0.6 is 11.6 Å². The Hall–Kier alpha value is -3.26. The number of nitrogens with zero attached hydrogens (tertiary/aromatic N) is 6. The molecule has 0 unspecified atom stereocenters. The second-order valence-corrected chi connectivity index (χ2v) is 8.93. The zero-order chi connectivity index (χ0) is 22.6. The zero-order valence-electron chi connectivity index (χ0n) is 18.3. The van der Waals surface area contributed by atoms with E-state index < -0.39 is 0 Å². The average molecular weight is 464 g/mol. The molecule has 0 bridgehead atoms. The van der Waals surface area contributed by atoms with Crippen LogP contribution in [0, 0.1) is 5.92 Å². The molecular formula is C24H26ClN7O. The van der Waals surface area contributed by atoms with Crippen LogP contribution in [0.15, 0.2) is 48.8 Å². The number of piperidine rings is 1. The quantitative estimate of drug-likeness (QED) is 0.610. The van der Waals surface area contributed by atoms with Crippen molar-refractivity contribution in [2.45, 2.75) is 25.7 Å². The second kappa shape index (κ2) is 9.70.